The number of methoxy groups -OCH3 is 1. The zero-order valence-corrected chi connectivity index (χ0v) is 18.4. The second kappa shape index (κ2) is 10.9. The predicted molar refractivity (Wildman–Crippen MR) is 124 cm³/mol. The molecule has 6 heteroatoms. The number of allylic oxidation sites excluding steroid dienone is 2. The molecule has 2 fully saturated rings. The number of hydrogen-bond donors (Lipinski definition) is 0. The maximum absolute atomic E-state index is 13.3. The minimum Gasteiger partial charge on any atom is -0.378 e. The molecule has 0 bridgehead atoms. The van der Waals surface area contributed by atoms with Gasteiger partial charge in [0.05, 0.1) is 30.8 Å². The lowest BCUT2D eigenvalue weighted by Gasteiger charge is -2.42. The molecule has 0 saturated carbocycles. The van der Waals surface area contributed by atoms with E-state index < -0.39 is 0 Å². The van der Waals surface area contributed by atoms with Crippen molar-refractivity contribution in [3.05, 3.63) is 66.8 Å². The average molecular weight is 421 g/mol. The molecule has 0 N–H and O–H groups in total. The maximum atomic E-state index is 13.3. The minimum atomic E-state index is -0.0530. The van der Waals surface area contributed by atoms with E-state index in [1.165, 1.54) is 5.57 Å². The summed E-state index contributed by atoms with van der Waals surface area (Å²) in [6, 6.07) is 9.35. The van der Waals surface area contributed by atoms with E-state index in [4.69, 9.17) is 4.74 Å². The first-order chi connectivity index (χ1) is 15.1. The molecule has 2 amide bonds. The van der Waals surface area contributed by atoms with E-state index in [2.05, 4.69) is 24.1 Å². The van der Waals surface area contributed by atoms with Gasteiger partial charge >= 0.3 is 6.03 Å². The molecule has 1 atom stereocenters. The number of rotatable bonds is 8. The van der Waals surface area contributed by atoms with Crippen LogP contribution in [0, 0.1) is 17.2 Å². The number of urea groups is 1. The molecule has 0 spiro atoms. The van der Waals surface area contributed by atoms with Gasteiger partial charge in [-0.2, -0.15) is 5.26 Å². The van der Waals surface area contributed by atoms with Crippen LogP contribution in [0.4, 0.5) is 10.5 Å². The van der Waals surface area contributed by atoms with Crippen LogP contribution >= 0.6 is 0 Å². The van der Waals surface area contributed by atoms with Crippen molar-refractivity contribution in [2.45, 2.75) is 18.9 Å². The zero-order valence-electron chi connectivity index (χ0n) is 18.4. The molecule has 0 radical (unpaired) electrons. The molecule has 0 aliphatic carbocycles. The highest BCUT2D eigenvalue weighted by Crippen LogP contribution is 2.25. The van der Waals surface area contributed by atoms with E-state index in [0.29, 0.717) is 24.6 Å². The summed E-state index contributed by atoms with van der Waals surface area (Å²) in [5.74, 6) is 0.471. The highest BCUT2D eigenvalue weighted by molar-refractivity contribution is 5.93. The molecule has 1 aromatic rings. The number of nitriles is 1. The van der Waals surface area contributed by atoms with Crippen LogP contribution in [0.25, 0.3) is 0 Å². The van der Waals surface area contributed by atoms with Gasteiger partial charge in [-0.15, -0.1) is 0 Å². The summed E-state index contributed by atoms with van der Waals surface area (Å²) in [6.45, 7) is 12.4. The first kappa shape index (κ1) is 22.8. The first-order valence-corrected chi connectivity index (χ1v) is 10.8. The Hall–Kier alpha value is -2.88. The number of amides is 2. The van der Waals surface area contributed by atoms with Crippen molar-refractivity contribution in [1.29, 1.82) is 5.26 Å². The summed E-state index contributed by atoms with van der Waals surface area (Å²) >= 11 is 0. The Morgan fingerprint density at radius 1 is 1.29 bits per heavy atom. The number of likely N-dealkylation sites (tertiary alicyclic amines) is 1. The summed E-state index contributed by atoms with van der Waals surface area (Å²) in [7, 11) is 1.69. The van der Waals surface area contributed by atoms with Crippen molar-refractivity contribution in [2.75, 3.05) is 51.3 Å². The van der Waals surface area contributed by atoms with E-state index in [9.17, 15) is 10.1 Å². The lowest BCUT2D eigenvalue weighted by molar-refractivity contribution is 0.0552. The monoisotopic (exact) mass is 420 g/mol. The molecule has 2 aliphatic heterocycles. The maximum Gasteiger partial charge on any atom is 0.324 e. The van der Waals surface area contributed by atoms with E-state index in [0.717, 1.165) is 44.7 Å². The smallest absolute Gasteiger partial charge is 0.324 e. The van der Waals surface area contributed by atoms with Crippen LogP contribution in [0.1, 0.15) is 18.4 Å². The molecular weight excluding hydrogens is 388 g/mol. The normalized spacial score (nSPS) is 21.1. The van der Waals surface area contributed by atoms with E-state index in [-0.39, 0.29) is 12.1 Å². The Labute approximate surface area is 185 Å². The molecule has 31 heavy (non-hydrogen) atoms. The van der Waals surface area contributed by atoms with E-state index in [1.807, 2.05) is 29.2 Å². The van der Waals surface area contributed by atoms with Crippen molar-refractivity contribution in [3.63, 3.8) is 0 Å². The number of carbonyl (C=O) groups is 1. The van der Waals surface area contributed by atoms with Gasteiger partial charge < -0.3 is 9.64 Å². The standard InChI is InChI=1S/C25H32N4O2/c1-4-7-20(5-2)16-27-12-10-21(11-13-27)17-28-18-24(31-3)19-29(25(28)30)23-9-6-8-22(14-23)15-26/h4-9,14,21,24H,1-2,10-13,16-19H2,3H3/b20-7+. The van der Waals surface area contributed by atoms with E-state index in [1.54, 1.807) is 30.2 Å². The Morgan fingerprint density at radius 2 is 2.06 bits per heavy atom. The third kappa shape index (κ3) is 5.84. The number of benzene rings is 1. The number of piperidine rings is 1. The van der Waals surface area contributed by atoms with Gasteiger partial charge in [0.1, 0.15) is 0 Å². The molecule has 2 heterocycles. The molecule has 164 valence electrons. The van der Waals surface area contributed by atoms with Crippen LogP contribution in [0.2, 0.25) is 0 Å². The fourth-order valence-electron chi connectivity index (χ4n) is 4.33. The average Bonchev–Trinajstić information content (AvgIpc) is 2.81. The topological polar surface area (TPSA) is 59.8 Å². The van der Waals surface area contributed by atoms with Gasteiger partial charge in [0.2, 0.25) is 0 Å². The summed E-state index contributed by atoms with van der Waals surface area (Å²) in [5, 5.41) is 9.21. The zero-order chi connectivity index (χ0) is 22.2. The highest BCUT2D eigenvalue weighted by atomic mass is 16.5. The molecule has 2 saturated heterocycles. The van der Waals surface area contributed by atoms with Gasteiger partial charge in [-0.25, -0.2) is 4.79 Å². The summed E-state index contributed by atoms with van der Waals surface area (Å²) in [5.41, 5.74) is 2.47. The SMILES string of the molecule is C=C/C=C(\C=C)CN1CCC(CN2CC(OC)CN(c3cccc(C#N)c3)C2=O)CC1. The van der Waals surface area contributed by atoms with Crippen LogP contribution in [-0.4, -0.2) is 68.3 Å². The number of ether oxygens (including phenoxy) is 1. The highest BCUT2D eigenvalue weighted by Gasteiger charge is 2.34. The van der Waals surface area contributed by atoms with Crippen molar-refractivity contribution < 1.29 is 9.53 Å². The van der Waals surface area contributed by atoms with E-state index >= 15 is 0 Å². The molecule has 2 aliphatic rings. The van der Waals surface area contributed by atoms with Crippen LogP contribution in [0.15, 0.2) is 61.2 Å². The molecule has 1 unspecified atom stereocenters. The molecule has 0 aromatic heterocycles. The number of anilines is 1. The fraction of sp³-hybridized carbons (Fsp3) is 0.440. The van der Waals surface area contributed by atoms with Crippen LogP contribution < -0.4 is 4.90 Å². The minimum absolute atomic E-state index is 0.00585. The van der Waals surface area contributed by atoms with Crippen molar-refractivity contribution >= 4 is 11.7 Å². The number of carbonyl (C=O) groups excluding carboxylic acids is 1. The molecule has 3 rings (SSSR count). The lowest BCUT2D eigenvalue weighted by Crippen LogP contribution is -2.57. The van der Waals surface area contributed by atoms with Gasteiger partial charge in [-0.05, 0) is 55.6 Å². The van der Waals surface area contributed by atoms with Gasteiger partial charge in [0.15, 0.2) is 0 Å². The van der Waals surface area contributed by atoms with Gasteiger partial charge in [0, 0.05) is 25.9 Å². The molecular formula is C25H32N4O2. The molecule has 6 nitrogen and oxygen atoms in total. The third-order valence-electron chi connectivity index (χ3n) is 6.12. The van der Waals surface area contributed by atoms with Gasteiger partial charge in [-0.3, -0.25) is 9.80 Å². The fourth-order valence-corrected chi connectivity index (χ4v) is 4.33. The summed E-state index contributed by atoms with van der Waals surface area (Å²) < 4.78 is 5.63. The number of hydrogen-bond acceptors (Lipinski definition) is 4. The third-order valence-corrected chi connectivity index (χ3v) is 6.12. The quantitative estimate of drug-likeness (QED) is 0.600. The van der Waals surface area contributed by atoms with Crippen LogP contribution in [0.3, 0.4) is 0 Å². The van der Waals surface area contributed by atoms with Crippen LogP contribution in [0.5, 0.6) is 0 Å². The Bertz CT molecular complexity index is 865. The molecule has 1 aromatic carbocycles. The van der Waals surface area contributed by atoms with Crippen molar-refractivity contribution in [1.82, 2.24) is 9.80 Å². The lowest BCUT2D eigenvalue weighted by atomic mass is 9.95. The Kier molecular flexibility index (Phi) is 8.05. The second-order valence-corrected chi connectivity index (χ2v) is 8.22. The summed E-state index contributed by atoms with van der Waals surface area (Å²) in [4.78, 5) is 19.4. The first-order valence-electron chi connectivity index (χ1n) is 10.8. The van der Waals surface area contributed by atoms with Crippen LogP contribution in [-0.2, 0) is 4.74 Å². The Morgan fingerprint density at radius 3 is 2.71 bits per heavy atom. The van der Waals surface area contributed by atoms with Gasteiger partial charge in [-0.1, -0.05) is 37.5 Å². The summed E-state index contributed by atoms with van der Waals surface area (Å²) in [6.07, 6.45) is 7.76. The van der Waals surface area contributed by atoms with Gasteiger partial charge in [0.25, 0.3) is 0 Å². The van der Waals surface area contributed by atoms with Crippen molar-refractivity contribution in [2.24, 2.45) is 5.92 Å². The second-order valence-electron chi connectivity index (χ2n) is 8.22. The van der Waals surface area contributed by atoms with Crippen molar-refractivity contribution in [3.8, 4) is 6.07 Å². The Balaban J connectivity index is 1.62. The number of nitrogens with zero attached hydrogens (tertiary/aromatic N) is 4. The largest absolute Gasteiger partial charge is 0.378 e. The predicted octanol–water partition coefficient (Wildman–Crippen LogP) is 3.83.